The van der Waals surface area contributed by atoms with Crippen molar-refractivity contribution in [1.82, 2.24) is 0 Å². The third-order valence-electron chi connectivity index (χ3n) is 3.47. The van der Waals surface area contributed by atoms with Crippen LogP contribution in [0.1, 0.15) is 13.8 Å². The van der Waals surface area contributed by atoms with Crippen molar-refractivity contribution >= 4 is 28.4 Å². The maximum atomic E-state index is 11.2. The molecule has 0 bridgehead atoms. The first-order valence-corrected chi connectivity index (χ1v) is 11.7. The van der Waals surface area contributed by atoms with E-state index in [0.717, 1.165) is 0 Å². The van der Waals surface area contributed by atoms with Gasteiger partial charge in [-0.15, -0.1) is 0 Å². The van der Waals surface area contributed by atoms with Crippen LogP contribution in [0.2, 0.25) is 37.3 Å². The van der Waals surface area contributed by atoms with Crippen LogP contribution in [0.3, 0.4) is 0 Å². The number of hydrogen-bond acceptors (Lipinski definition) is 3. The second-order valence-corrected chi connectivity index (χ2v) is 14.5. The molecule has 0 saturated carbocycles. The third-order valence-corrected chi connectivity index (χ3v) is 12.4. The van der Waals surface area contributed by atoms with Gasteiger partial charge < -0.3 is 15.6 Å². The van der Waals surface area contributed by atoms with Crippen molar-refractivity contribution in [2.75, 3.05) is 0 Å². The van der Waals surface area contributed by atoms with Gasteiger partial charge in [-0.2, -0.15) is 0 Å². The Morgan fingerprint density at radius 3 is 1.29 bits per heavy atom. The van der Waals surface area contributed by atoms with Crippen LogP contribution in [-0.4, -0.2) is 28.4 Å². The highest BCUT2D eigenvalue weighted by Crippen LogP contribution is 2.31. The fourth-order valence-corrected chi connectivity index (χ4v) is 9.75. The van der Waals surface area contributed by atoms with Gasteiger partial charge in [0.15, 0.2) is 16.6 Å². The zero-order chi connectivity index (χ0) is 14.0. The standard InChI is InChI=1S/C10H24N2O3Si2/c1-7(9(11)13)16(3,4)15-17(5,6)8(2)10(12)14/h7-8H,1-6H3,(H2,11,13)(H2,12,14). The lowest BCUT2D eigenvalue weighted by Crippen LogP contribution is -2.53. The molecule has 7 heteroatoms. The van der Waals surface area contributed by atoms with Gasteiger partial charge >= 0.3 is 0 Å². The van der Waals surface area contributed by atoms with Gasteiger partial charge in [-0.3, -0.25) is 9.59 Å². The molecule has 0 saturated heterocycles. The minimum absolute atomic E-state index is 0.283. The Balaban J connectivity index is 4.93. The highest BCUT2D eigenvalue weighted by Gasteiger charge is 2.43. The van der Waals surface area contributed by atoms with E-state index in [2.05, 4.69) is 0 Å². The summed E-state index contributed by atoms with van der Waals surface area (Å²) in [5, 5.41) is 0. The molecule has 0 rings (SSSR count). The van der Waals surface area contributed by atoms with E-state index in [9.17, 15) is 9.59 Å². The highest BCUT2D eigenvalue weighted by atomic mass is 28.4. The lowest BCUT2D eigenvalue weighted by atomic mass is 10.5. The molecule has 0 radical (unpaired) electrons. The van der Waals surface area contributed by atoms with Gasteiger partial charge in [-0.05, 0) is 26.2 Å². The Kier molecular flexibility index (Phi) is 5.11. The van der Waals surface area contributed by atoms with Crippen LogP contribution in [0.5, 0.6) is 0 Å². The summed E-state index contributed by atoms with van der Waals surface area (Å²) in [6.45, 7) is 11.4. The van der Waals surface area contributed by atoms with E-state index in [0.29, 0.717) is 0 Å². The van der Waals surface area contributed by atoms with Crippen molar-refractivity contribution in [1.29, 1.82) is 0 Å². The first-order chi connectivity index (χ1) is 7.42. The fourth-order valence-electron chi connectivity index (χ4n) is 1.54. The largest absolute Gasteiger partial charge is 0.454 e. The minimum Gasteiger partial charge on any atom is -0.454 e. The fraction of sp³-hybridized carbons (Fsp3) is 0.800. The molecule has 5 nitrogen and oxygen atoms in total. The average Bonchev–Trinajstić information content (AvgIpc) is 2.13. The number of hydrogen-bond donors (Lipinski definition) is 2. The van der Waals surface area contributed by atoms with E-state index >= 15 is 0 Å². The van der Waals surface area contributed by atoms with Gasteiger partial charge in [0, 0.05) is 0 Å². The van der Waals surface area contributed by atoms with E-state index in [4.69, 9.17) is 15.6 Å². The minimum atomic E-state index is -2.23. The monoisotopic (exact) mass is 276 g/mol. The smallest absolute Gasteiger partial charge is 0.219 e. The molecule has 0 aliphatic rings. The molecular weight excluding hydrogens is 252 g/mol. The number of amides is 2. The molecule has 0 aliphatic heterocycles. The lowest BCUT2D eigenvalue weighted by Gasteiger charge is -2.38. The van der Waals surface area contributed by atoms with Gasteiger partial charge in [0.2, 0.25) is 11.8 Å². The van der Waals surface area contributed by atoms with Crippen molar-refractivity contribution in [3.05, 3.63) is 0 Å². The SMILES string of the molecule is CC(C(N)=O)[Si](C)(C)O[Si](C)(C)C(C)C(N)=O. The van der Waals surface area contributed by atoms with Gasteiger partial charge in [-0.1, -0.05) is 13.8 Å². The van der Waals surface area contributed by atoms with Crippen molar-refractivity contribution in [2.24, 2.45) is 11.5 Å². The summed E-state index contributed by atoms with van der Waals surface area (Å²) < 4.78 is 6.15. The van der Waals surface area contributed by atoms with Gasteiger partial charge in [0.25, 0.3) is 0 Å². The molecule has 0 aliphatic carbocycles. The zero-order valence-corrected chi connectivity index (χ0v) is 13.5. The molecule has 17 heavy (non-hydrogen) atoms. The Hall–Kier alpha value is -0.666. The topological polar surface area (TPSA) is 95.4 Å². The number of primary amides is 2. The maximum absolute atomic E-state index is 11.2. The predicted molar refractivity (Wildman–Crippen MR) is 73.3 cm³/mol. The number of carbonyl (C=O) groups is 2. The predicted octanol–water partition coefficient (Wildman–Crippen LogP) is 1.16. The summed E-state index contributed by atoms with van der Waals surface area (Å²) in [6.07, 6.45) is 0. The molecule has 0 aromatic heterocycles. The van der Waals surface area contributed by atoms with E-state index in [1.807, 2.05) is 26.2 Å². The summed E-state index contributed by atoms with van der Waals surface area (Å²) in [5.41, 5.74) is 10.1. The van der Waals surface area contributed by atoms with Crippen LogP contribution >= 0.6 is 0 Å². The second kappa shape index (κ2) is 5.32. The Labute approximate surface area is 105 Å². The average molecular weight is 276 g/mol. The van der Waals surface area contributed by atoms with Crippen molar-refractivity contribution in [3.63, 3.8) is 0 Å². The molecule has 0 aromatic rings. The van der Waals surface area contributed by atoms with Crippen molar-refractivity contribution in [3.8, 4) is 0 Å². The Bertz CT molecular complexity index is 289. The highest BCUT2D eigenvalue weighted by molar-refractivity contribution is 6.88. The molecule has 0 fully saturated rings. The molecule has 2 amide bonds. The normalized spacial score (nSPS) is 16.4. The zero-order valence-electron chi connectivity index (χ0n) is 11.5. The third kappa shape index (κ3) is 4.25. The number of nitrogens with two attached hydrogens (primary N) is 2. The van der Waals surface area contributed by atoms with E-state index in [-0.39, 0.29) is 22.9 Å². The van der Waals surface area contributed by atoms with E-state index in [1.165, 1.54) is 0 Å². The molecule has 0 aromatic carbocycles. The maximum Gasteiger partial charge on any atom is 0.219 e. The van der Waals surface area contributed by atoms with Crippen LogP contribution in [0.4, 0.5) is 0 Å². The van der Waals surface area contributed by atoms with E-state index in [1.54, 1.807) is 13.8 Å². The van der Waals surface area contributed by atoms with Crippen molar-refractivity contribution < 1.29 is 13.7 Å². The molecule has 4 N–H and O–H groups in total. The second-order valence-electron chi connectivity index (χ2n) is 5.56. The summed E-state index contributed by atoms with van der Waals surface area (Å²) in [6, 6.07) is 0. The van der Waals surface area contributed by atoms with Crippen molar-refractivity contribution in [2.45, 2.75) is 51.1 Å². The van der Waals surface area contributed by atoms with E-state index < -0.39 is 16.6 Å². The molecular formula is C10H24N2O3Si2. The summed E-state index contributed by atoms with van der Waals surface area (Å²) in [4.78, 5) is 22.5. The summed E-state index contributed by atoms with van der Waals surface area (Å²) >= 11 is 0. The van der Waals surface area contributed by atoms with Crippen LogP contribution in [0.25, 0.3) is 0 Å². The van der Waals surface area contributed by atoms with Crippen LogP contribution in [-0.2, 0) is 13.7 Å². The lowest BCUT2D eigenvalue weighted by molar-refractivity contribution is -0.118. The van der Waals surface area contributed by atoms with Gasteiger partial charge in [-0.25, -0.2) is 0 Å². The number of rotatable bonds is 6. The molecule has 100 valence electrons. The molecule has 0 heterocycles. The van der Waals surface area contributed by atoms with Gasteiger partial charge in [0.1, 0.15) is 0 Å². The molecule has 2 unspecified atom stereocenters. The van der Waals surface area contributed by atoms with Crippen LogP contribution < -0.4 is 11.5 Å². The summed E-state index contributed by atoms with van der Waals surface area (Å²) in [7, 11) is -4.47. The molecule has 0 spiro atoms. The first-order valence-electron chi connectivity index (χ1n) is 5.70. The Morgan fingerprint density at radius 2 is 1.12 bits per heavy atom. The van der Waals surface area contributed by atoms with Crippen LogP contribution in [0, 0.1) is 0 Å². The Morgan fingerprint density at radius 1 is 0.882 bits per heavy atom. The quantitative estimate of drug-likeness (QED) is 0.713. The first kappa shape index (κ1) is 16.3. The summed E-state index contributed by atoms with van der Waals surface area (Å²) in [5.74, 6) is -0.698. The van der Waals surface area contributed by atoms with Gasteiger partial charge in [0.05, 0.1) is 11.1 Å². The molecule has 2 atom stereocenters. The number of carbonyl (C=O) groups excluding carboxylic acids is 2. The van der Waals surface area contributed by atoms with Crippen LogP contribution in [0.15, 0.2) is 0 Å².